The lowest BCUT2D eigenvalue weighted by atomic mass is 10.1. The van der Waals surface area contributed by atoms with Crippen molar-refractivity contribution in [1.29, 1.82) is 0 Å². The van der Waals surface area contributed by atoms with E-state index in [9.17, 15) is 14.7 Å². The molecule has 0 spiro atoms. The predicted molar refractivity (Wildman–Crippen MR) is 96.1 cm³/mol. The van der Waals surface area contributed by atoms with Crippen molar-refractivity contribution in [2.75, 3.05) is 6.54 Å². The normalized spacial score (nSPS) is 12.4. The Hall–Kier alpha value is -1.88. The van der Waals surface area contributed by atoms with Crippen LogP contribution in [0.3, 0.4) is 0 Å². The molecule has 0 bridgehead atoms. The summed E-state index contributed by atoms with van der Waals surface area (Å²) in [5, 5.41) is 11.8. The Kier molecular flexibility index (Phi) is 8.47. The Labute approximate surface area is 145 Å². The Morgan fingerprint density at radius 1 is 1.17 bits per heavy atom. The van der Waals surface area contributed by atoms with E-state index < -0.39 is 12.0 Å². The minimum Gasteiger partial charge on any atom is -0.480 e. The molecule has 24 heavy (non-hydrogen) atoms. The van der Waals surface area contributed by atoms with Gasteiger partial charge in [-0.15, -0.1) is 0 Å². The topological polar surface area (TPSA) is 69.6 Å². The molecule has 0 aliphatic rings. The summed E-state index contributed by atoms with van der Waals surface area (Å²) in [6.07, 6.45) is 2.13. The van der Waals surface area contributed by atoms with Crippen LogP contribution >= 0.6 is 0 Å². The first kappa shape index (κ1) is 20.2. The van der Waals surface area contributed by atoms with Crippen LogP contribution in [0.2, 0.25) is 0 Å². The second-order valence-electron chi connectivity index (χ2n) is 6.36. The molecule has 0 unspecified atom stereocenters. The molecule has 1 atom stereocenters. The first-order chi connectivity index (χ1) is 11.4. The summed E-state index contributed by atoms with van der Waals surface area (Å²) in [7, 11) is 0. The molecular weight excluding hydrogens is 304 g/mol. The number of carbonyl (C=O) groups excluding carboxylic acids is 1. The predicted octanol–water partition coefficient (Wildman–Crippen LogP) is 3.29. The number of aliphatic carboxylic acids is 1. The Morgan fingerprint density at radius 3 is 2.25 bits per heavy atom. The summed E-state index contributed by atoms with van der Waals surface area (Å²) >= 11 is 0. The van der Waals surface area contributed by atoms with E-state index in [-0.39, 0.29) is 5.91 Å². The van der Waals surface area contributed by atoms with Gasteiger partial charge in [-0.25, -0.2) is 4.79 Å². The summed E-state index contributed by atoms with van der Waals surface area (Å²) < 4.78 is 0. The Morgan fingerprint density at radius 2 is 1.79 bits per heavy atom. The highest BCUT2D eigenvalue weighted by molar-refractivity contribution is 5.96. The van der Waals surface area contributed by atoms with Gasteiger partial charge < -0.3 is 10.4 Å². The molecule has 1 rings (SSSR count). The van der Waals surface area contributed by atoms with Gasteiger partial charge in [-0.1, -0.05) is 38.8 Å². The number of rotatable bonds is 10. The molecule has 0 saturated heterocycles. The number of unbranched alkanes of at least 4 members (excludes halogenated alkanes) is 1. The SMILES string of the molecule is CCCC[C@H](NC(=O)c1ccc(CN(CC)C(C)C)cc1)C(=O)O. The van der Waals surface area contributed by atoms with E-state index in [0.29, 0.717) is 18.0 Å². The largest absolute Gasteiger partial charge is 0.480 e. The maximum absolute atomic E-state index is 12.2. The van der Waals surface area contributed by atoms with Crippen LogP contribution in [-0.4, -0.2) is 40.5 Å². The van der Waals surface area contributed by atoms with Gasteiger partial charge in [-0.2, -0.15) is 0 Å². The first-order valence-corrected chi connectivity index (χ1v) is 8.75. The smallest absolute Gasteiger partial charge is 0.326 e. The molecule has 0 radical (unpaired) electrons. The van der Waals surface area contributed by atoms with Gasteiger partial charge in [0.1, 0.15) is 6.04 Å². The molecule has 0 saturated carbocycles. The van der Waals surface area contributed by atoms with E-state index in [4.69, 9.17) is 0 Å². The Bertz CT molecular complexity index is 526. The average Bonchev–Trinajstić information content (AvgIpc) is 2.56. The summed E-state index contributed by atoms with van der Waals surface area (Å²) in [5.74, 6) is -1.31. The second kappa shape index (κ2) is 10.1. The fourth-order valence-corrected chi connectivity index (χ4v) is 2.56. The number of carboxylic acids is 1. The van der Waals surface area contributed by atoms with E-state index in [1.807, 2.05) is 19.1 Å². The number of carboxylic acid groups (broad SMARTS) is 1. The standard InChI is InChI=1S/C19H30N2O3/c1-5-7-8-17(19(23)24)20-18(22)16-11-9-15(10-12-16)13-21(6-2)14(3)4/h9-12,14,17H,5-8,13H2,1-4H3,(H,20,22)(H,23,24)/t17-/m0/s1. The first-order valence-electron chi connectivity index (χ1n) is 8.75. The monoisotopic (exact) mass is 334 g/mol. The third-order valence-electron chi connectivity index (χ3n) is 4.19. The zero-order valence-electron chi connectivity index (χ0n) is 15.2. The van der Waals surface area contributed by atoms with Crippen LogP contribution in [0.15, 0.2) is 24.3 Å². The van der Waals surface area contributed by atoms with Crippen molar-refractivity contribution in [2.24, 2.45) is 0 Å². The molecule has 0 aromatic heterocycles. The van der Waals surface area contributed by atoms with Crippen molar-refractivity contribution in [1.82, 2.24) is 10.2 Å². The molecule has 1 amide bonds. The van der Waals surface area contributed by atoms with E-state index in [2.05, 4.69) is 31.0 Å². The molecule has 0 fully saturated rings. The van der Waals surface area contributed by atoms with Crippen molar-refractivity contribution >= 4 is 11.9 Å². The van der Waals surface area contributed by atoms with Crippen LogP contribution in [0.4, 0.5) is 0 Å². The average molecular weight is 334 g/mol. The van der Waals surface area contributed by atoms with Crippen LogP contribution in [0.5, 0.6) is 0 Å². The lowest BCUT2D eigenvalue weighted by Crippen LogP contribution is -2.40. The zero-order valence-corrected chi connectivity index (χ0v) is 15.2. The maximum Gasteiger partial charge on any atom is 0.326 e. The van der Waals surface area contributed by atoms with Gasteiger partial charge in [0.05, 0.1) is 0 Å². The third-order valence-corrected chi connectivity index (χ3v) is 4.19. The number of amides is 1. The lowest BCUT2D eigenvalue weighted by molar-refractivity contribution is -0.139. The molecule has 134 valence electrons. The zero-order chi connectivity index (χ0) is 18.1. The van der Waals surface area contributed by atoms with Crippen molar-refractivity contribution < 1.29 is 14.7 Å². The van der Waals surface area contributed by atoms with Crippen molar-refractivity contribution in [2.45, 2.75) is 65.6 Å². The van der Waals surface area contributed by atoms with Crippen molar-refractivity contribution in [3.63, 3.8) is 0 Å². The number of hydrogen-bond acceptors (Lipinski definition) is 3. The van der Waals surface area contributed by atoms with E-state index in [1.54, 1.807) is 12.1 Å². The van der Waals surface area contributed by atoms with Crippen LogP contribution in [-0.2, 0) is 11.3 Å². The molecule has 0 heterocycles. The van der Waals surface area contributed by atoms with Gasteiger partial charge in [-0.05, 0) is 44.5 Å². The highest BCUT2D eigenvalue weighted by Crippen LogP contribution is 2.11. The minimum absolute atomic E-state index is 0.332. The van der Waals surface area contributed by atoms with Gasteiger partial charge in [0.25, 0.3) is 5.91 Å². The van der Waals surface area contributed by atoms with Gasteiger partial charge >= 0.3 is 5.97 Å². The van der Waals surface area contributed by atoms with Crippen LogP contribution < -0.4 is 5.32 Å². The van der Waals surface area contributed by atoms with Crippen molar-refractivity contribution in [3.8, 4) is 0 Å². The quantitative estimate of drug-likeness (QED) is 0.689. The molecule has 1 aromatic carbocycles. The fourth-order valence-electron chi connectivity index (χ4n) is 2.56. The highest BCUT2D eigenvalue weighted by Gasteiger charge is 2.20. The lowest BCUT2D eigenvalue weighted by Gasteiger charge is -2.24. The molecule has 5 heteroatoms. The molecule has 5 nitrogen and oxygen atoms in total. The molecule has 0 aliphatic carbocycles. The van der Waals surface area contributed by atoms with Gasteiger partial charge in [0.15, 0.2) is 0 Å². The van der Waals surface area contributed by atoms with Crippen molar-refractivity contribution in [3.05, 3.63) is 35.4 Å². The van der Waals surface area contributed by atoms with Gasteiger partial charge in [-0.3, -0.25) is 9.69 Å². The van der Waals surface area contributed by atoms with Crippen LogP contribution in [0.1, 0.15) is 62.9 Å². The van der Waals surface area contributed by atoms with E-state index in [1.165, 1.54) is 0 Å². The Balaban J connectivity index is 2.70. The minimum atomic E-state index is -0.982. The second-order valence-corrected chi connectivity index (χ2v) is 6.36. The van der Waals surface area contributed by atoms with E-state index in [0.717, 1.165) is 31.5 Å². The summed E-state index contributed by atoms with van der Waals surface area (Å²) in [5.41, 5.74) is 1.64. The number of nitrogens with one attached hydrogen (secondary N) is 1. The van der Waals surface area contributed by atoms with Gasteiger partial charge in [0.2, 0.25) is 0 Å². The number of nitrogens with zero attached hydrogens (tertiary/aromatic N) is 1. The number of hydrogen-bond donors (Lipinski definition) is 2. The molecule has 2 N–H and O–H groups in total. The summed E-state index contributed by atoms with van der Waals surface area (Å²) in [4.78, 5) is 25.8. The maximum atomic E-state index is 12.2. The molecular formula is C19H30N2O3. The van der Waals surface area contributed by atoms with Gasteiger partial charge in [0, 0.05) is 18.2 Å². The number of benzene rings is 1. The number of carbonyl (C=O) groups is 2. The molecule has 0 aliphatic heterocycles. The summed E-state index contributed by atoms with van der Waals surface area (Å²) in [6.45, 7) is 10.3. The fraction of sp³-hybridized carbons (Fsp3) is 0.579. The van der Waals surface area contributed by atoms with E-state index >= 15 is 0 Å². The molecule has 1 aromatic rings. The summed E-state index contributed by atoms with van der Waals surface area (Å²) in [6, 6.07) is 7.03. The highest BCUT2D eigenvalue weighted by atomic mass is 16.4. The van der Waals surface area contributed by atoms with Crippen LogP contribution in [0, 0.1) is 0 Å². The van der Waals surface area contributed by atoms with Crippen LogP contribution in [0.25, 0.3) is 0 Å². The third kappa shape index (κ3) is 6.32.